The van der Waals surface area contributed by atoms with E-state index in [4.69, 9.17) is 11.6 Å². The summed E-state index contributed by atoms with van der Waals surface area (Å²) in [6, 6.07) is 14.2. The van der Waals surface area contributed by atoms with E-state index < -0.39 is 0 Å². The monoisotopic (exact) mass is 272 g/mol. The Hall–Kier alpha value is -1.47. The van der Waals surface area contributed by atoms with Gasteiger partial charge in [0, 0.05) is 5.92 Å². The minimum absolute atomic E-state index is 0.155. The van der Waals surface area contributed by atoms with Crippen molar-refractivity contribution in [1.82, 2.24) is 0 Å². The molecule has 0 bridgehead atoms. The molecule has 3 rings (SSSR count). The van der Waals surface area contributed by atoms with Crippen LogP contribution in [0, 0.1) is 0 Å². The van der Waals surface area contributed by atoms with Crippen molar-refractivity contribution in [3.8, 4) is 5.75 Å². The quantitative estimate of drug-likeness (QED) is 0.768. The first-order valence-electron chi connectivity index (χ1n) is 6.74. The Balaban J connectivity index is 2.07. The minimum Gasteiger partial charge on any atom is -0.506 e. The van der Waals surface area contributed by atoms with Crippen LogP contribution >= 0.6 is 11.6 Å². The van der Waals surface area contributed by atoms with Crippen LogP contribution < -0.4 is 0 Å². The summed E-state index contributed by atoms with van der Waals surface area (Å²) in [6.45, 7) is 2.29. The zero-order valence-corrected chi connectivity index (χ0v) is 11.7. The van der Waals surface area contributed by atoms with Gasteiger partial charge in [-0.3, -0.25) is 0 Å². The summed E-state index contributed by atoms with van der Waals surface area (Å²) < 4.78 is 0. The van der Waals surface area contributed by atoms with Crippen molar-refractivity contribution in [1.29, 1.82) is 0 Å². The van der Waals surface area contributed by atoms with Gasteiger partial charge in [0.2, 0.25) is 0 Å². The fourth-order valence-electron chi connectivity index (χ4n) is 3.09. The van der Waals surface area contributed by atoms with Gasteiger partial charge in [-0.15, -0.1) is 0 Å². The highest BCUT2D eigenvalue weighted by atomic mass is 35.5. The lowest BCUT2D eigenvalue weighted by Crippen LogP contribution is -2.13. The molecule has 2 aromatic rings. The Morgan fingerprint density at radius 3 is 2.53 bits per heavy atom. The maximum absolute atomic E-state index is 9.55. The summed E-state index contributed by atoms with van der Waals surface area (Å²) >= 11 is 6.04. The summed E-state index contributed by atoms with van der Waals surface area (Å²) in [4.78, 5) is 0. The van der Waals surface area contributed by atoms with Crippen molar-refractivity contribution >= 4 is 11.6 Å². The number of phenols is 1. The van der Waals surface area contributed by atoms with Crippen LogP contribution in [0.3, 0.4) is 0 Å². The van der Waals surface area contributed by atoms with Gasteiger partial charge in [0.05, 0.1) is 5.02 Å². The standard InChI is InChI=1S/C17H17ClO/c1-11-6-8-14(15-5-3-2-4-13(11)15)12-7-9-17(19)16(18)10-12/h2-5,7,9-11,14,19H,6,8H2,1H3. The summed E-state index contributed by atoms with van der Waals surface area (Å²) in [5.41, 5.74) is 4.05. The Morgan fingerprint density at radius 2 is 1.79 bits per heavy atom. The topological polar surface area (TPSA) is 20.2 Å². The molecule has 0 spiro atoms. The molecule has 0 aromatic heterocycles. The maximum Gasteiger partial charge on any atom is 0.134 e. The number of fused-ring (bicyclic) bond motifs is 1. The van der Waals surface area contributed by atoms with Crippen LogP contribution in [0.4, 0.5) is 0 Å². The van der Waals surface area contributed by atoms with Crippen LogP contribution in [-0.2, 0) is 0 Å². The van der Waals surface area contributed by atoms with Crippen molar-refractivity contribution in [3.05, 3.63) is 64.2 Å². The second kappa shape index (κ2) is 4.90. The molecule has 1 aliphatic rings. The molecule has 0 aliphatic heterocycles. The van der Waals surface area contributed by atoms with Crippen LogP contribution in [0.25, 0.3) is 0 Å². The number of rotatable bonds is 1. The van der Waals surface area contributed by atoms with Crippen molar-refractivity contribution in [3.63, 3.8) is 0 Å². The van der Waals surface area contributed by atoms with E-state index in [1.54, 1.807) is 6.07 Å². The zero-order chi connectivity index (χ0) is 13.4. The number of aromatic hydroxyl groups is 1. The lowest BCUT2D eigenvalue weighted by atomic mass is 9.75. The van der Waals surface area contributed by atoms with Gasteiger partial charge >= 0.3 is 0 Å². The lowest BCUT2D eigenvalue weighted by Gasteiger charge is -2.30. The SMILES string of the molecule is CC1CCC(c2ccc(O)c(Cl)c2)c2ccccc21. The van der Waals surface area contributed by atoms with Gasteiger partial charge in [0.1, 0.15) is 5.75 Å². The molecular weight excluding hydrogens is 256 g/mol. The number of halogens is 1. The Labute approximate surface area is 118 Å². The minimum atomic E-state index is 0.155. The molecule has 0 heterocycles. The van der Waals surface area contributed by atoms with Crippen LogP contribution in [0.2, 0.25) is 5.02 Å². The molecule has 0 saturated carbocycles. The van der Waals surface area contributed by atoms with E-state index in [1.807, 2.05) is 12.1 Å². The molecule has 0 saturated heterocycles. The highest BCUT2D eigenvalue weighted by Gasteiger charge is 2.25. The normalized spacial score (nSPS) is 22.0. The average molecular weight is 273 g/mol. The fourth-order valence-corrected chi connectivity index (χ4v) is 3.28. The van der Waals surface area contributed by atoms with E-state index in [-0.39, 0.29) is 5.75 Å². The van der Waals surface area contributed by atoms with E-state index in [0.717, 1.165) is 6.42 Å². The molecule has 0 radical (unpaired) electrons. The van der Waals surface area contributed by atoms with Crippen molar-refractivity contribution in [2.75, 3.05) is 0 Å². The van der Waals surface area contributed by atoms with Gasteiger partial charge in [-0.25, -0.2) is 0 Å². The molecule has 2 heteroatoms. The predicted octanol–water partition coefficient (Wildman–Crippen LogP) is 5.07. The molecule has 2 unspecified atom stereocenters. The largest absolute Gasteiger partial charge is 0.506 e. The molecule has 1 aliphatic carbocycles. The number of hydrogen-bond donors (Lipinski definition) is 1. The molecule has 0 fully saturated rings. The van der Waals surface area contributed by atoms with E-state index >= 15 is 0 Å². The predicted molar refractivity (Wildman–Crippen MR) is 79.1 cm³/mol. The van der Waals surface area contributed by atoms with Gasteiger partial charge in [-0.1, -0.05) is 48.9 Å². The first-order valence-corrected chi connectivity index (χ1v) is 7.12. The lowest BCUT2D eigenvalue weighted by molar-refractivity contribution is 0.474. The van der Waals surface area contributed by atoms with Crippen LogP contribution in [-0.4, -0.2) is 5.11 Å². The molecule has 1 nitrogen and oxygen atoms in total. The third-order valence-corrected chi connectivity index (χ3v) is 4.47. The van der Waals surface area contributed by atoms with Crippen LogP contribution in [0.5, 0.6) is 5.75 Å². The Morgan fingerprint density at radius 1 is 1.05 bits per heavy atom. The third-order valence-electron chi connectivity index (χ3n) is 4.16. The molecule has 2 atom stereocenters. The van der Waals surface area contributed by atoms with Crippen LogP contribution in [0.15, 0.2) is 42.5 Å². The smallest absolute Gasteiger partial charge is 0.134 e. The van der Waals surface area contributed by atoms with E-state index in [9.17, 15) is 5.11 Å². The molecule has 98 valence electrons. The summed E-state index contributed by atoms with van der Waals surface area (Å²) in [7, 11) is 0. The molecule has 1 N–H and O–H groups in total. The van der Waals surface area contributed by atoms with Crippen molar-refractivity contribution in [2.45, 2.75) is 31.6 Å². The highest BCUT2D eigenvalue weighted by Crippen LogP contribution is 2.42. The van der Waals surface area contributed by atoms with Crippen molar-refractivity contribution in [2.24, 2.45) is 0 Å². The number of benzene rings is 2. The zero-order valence-electron chi connectivity index (χ0n) is 10.9. The van der Waals surface area contributed by atoms with Gasteiger partial charge in [-0.05, 0) is 47.6 Å². The first kappa shape index (κ1) is 12.6. The molecule has 19 heavy (non-hydrogen) atoms. The summed E-state index contributed by atoms with van der Waals surface area (Å²) in [5.74, 6) is 1.17. The number of phenolic OH excluding ortho intramolecular Hbond substituents is 1. The van der Waals surface area contributed by atoms with Gasteiger partial charge in [0.15, 0.2) is 0 Å². The van der Waals surface area contributed by atoms with E-state index in [2.05, 4.69) is 31.2 Å². The van der Waals surface area contributed by atoms with E-state index in [1.165, 1.54) is 23.1 Å². The van der Waals surface area contributed by atoms with Gasteiger partial charge in [0.25, 0.3) is 0 Å². The van der Waals surface area contributed by atoms with Crippen molar-refractivity contribution < 1.29 is 5.11 Å². The molecule has 2 aromatic carbocycles. The highest BCUT2D eigenvalue weighted by molar-refractivity contribution is 6.32. The summed E-state index contributed by atoms with van der Waals surface area (Å²) in [6.07, 6.45) is 2.33. The van der Waals surface area contributed by atoms with Gasteiger partial charge < -0.3 is 5.11 Å². The average Bonchev–Trinajstić information content (AvgIpc) is 2.43. The summed E-state index contributed by atoms with van der Waals surface area (Å²) in [5, 5.41) is 9.99. The second-order valence-electron chi connectivity index (χ2n) is 5.37. The third kappa shape index (κ3) is 2.23. The van der Waals surface area contributed by atoms with Crippen LogP contribution in [0.1, 0.15) is 48.3 Å². The number of hydrogen-bond acceptors (Lipinski definition) is 1. The maximum atomic E-state index is 9.55. The van der Waals surface area contributed by atoms with E-state index in [0.29, 0.717) is 16.9 Å². The first-order chi connectivity index (χ1) is 9.16. The molecular formula is C17H17ClO. The Kier molecular flexibility index (Phi) is 3.24. The molecule has 0 amide bonds. The Bertz CT molecular complexity index is 606. The second-order valence-corrected chi connectivity index (χ2v) is 5.78. The van der Waals surface area contributed by atoms with Gasteiger partial charge in [-0.2, -0.15) is 0 Å². The fraction of sp³-hybridized carbons (Fsp3) is 0.294.